The Morgan fingerprint density at radius 2 is 2.00 bits per heavy atom. The topological polar surface area (TPSA) is 35.2 Å². The van der Waals surface area contributed by atoms with Gasteiger partial charge in [-0.05, 0) is 64.7 Å². The summed E-state index contributed by atoms with van der Waals surface area (Å²) < 4.78 is 18.9. The maximum absolute atomic E-state index is 13.3. The second-order valence-corrected chi connectivity index (χ2v) is 5.93. The van der Waals surface area contributed by atoms with Crippen LogP contribution >= 0.6 is 15.9 Å². The van der Waals surface area contributed by atoms with Crippen LogP contribution in [-0.4, -0.2) is 7.11 Å². The lowest BCUT2D eigenvalue weighted by Crippen LogP contribution is -2.35. The molecule has 2 nitrogen and oxygen atoms in total. The van der Waals surface area contributed by atoms with Crippen LogP contribution in [0.25, 0.3) is 0 Å². The van der Waals surface area contributed by atoms with Crippen LogP contribution < -0.4 is 10.5 Å². The van der Waals surface area contributed by atoms with Crippen LogP contribution in [0.4, 0.5) is 4.39 Å². The average Bonchev–Trinajstić information content (AvgIpc) is 2.43. The van der Waals surface area contributed by atoms with Gasteiger partial charge < -0.3 is 10.5 Å². The van der Waals surface area contributed by atoms with Crippen LogP contribution in [0.15, 0.2) is 46.9 Å². The Morgan fingerprint density at radius 3 is 2.65 bits per heavy atom. The molecule has 4 heteroatoms. The van der Waals surface area contributed by atoms with E-state index in [0.717, 1.165) is 16.9 Å². The van der Waals surface area contributed by atoms with Crippen molar-refractivity contribution in [1.29, 1.82) is 0 Å². The first-order valence-corrected chi connectivity index (χ1v) is 7.09. The second kappa shape index (κ2) is 5.94. The molecule has 0 bridgehead atoms. The zero-order valence-corrected chi connectivity index (χ0v) is 13.1. The summed E-state index contributed by atoms with van der Waals surface area (Å²) in [7, 11) is 1.63. The number of benzene rings is 2. The number of halogens is 2. The van der Waals surface area contributed by atoms with Crippen LogP contribution in [0.2, 0.25) is 0 Å². The fourth-order valence-electron chi connectivity index (χ4n) is 2.15. The first-order valence-electron chi connectivity index (χ1n) is 6.30. The van der Waals surface area contributed by atoms with Gasteiger partial charge in [0.2, 0.25) is 0 Å². The van der Waals surface area contributed by atoms with Crippen LogP contribution in [0, 0.1) is 5.82 Å². The molecular formula is C16H17BrFNO. The van der Waals surface area contributed by atoms with Crippen LogP contribution in [0.1, 0.15) is 18.1 Å². The lowest BCUT2D eigenvalue weighted by atomic mass is 9.86. The SMILES string of the molecule is COc1cccc(C(C)(N)Cc2ccc(F)c(Br)c2)c1. The van der Waals surface area contributed by atoms with Crippen molar-refractivity contribution in [2.75, 3.05) is 7.11 Å². The Kier molecular flexibility index (Phi) is 4.45. The first kappa shape index (κ1) is 15.0. The lowest BCUT2D eigenvalue weighted by Gasteiger charge is -2.26. The summed E-state index contributed by atoms with van der Waals surface area (Å²) in [6.45, 7) is 1.96. The average molecular weight is 338 g/mol. The largest absolute Gasteiger partial charge is 0.497 e. The molecule has 2 N–H and O–H groups in total. The second-order valence-electron chi connectivity index (χ2n) is 5.07. The number of hydrogen-bond donors (Lipinski definition) is 1. The molecule has 0 saturated carbocycles. The summed E-state index contributed by atoms with van der Waals surface area (Å²) in [6.07, 6.45) is 0.610. The number of hydrogen-bond acceptors (Lipinski definition) is 2. The monoisotopic (exact) mass is 337 g/mol. The van der Waals surface area contributed by atoms with Gasteiger partial charge >= 0.3 is 0 Å². The molecule has 0 heterocycles. The molecule has 0 spiro atoms. The molecule has 0 aliphatic heterocycles. The van der Waals surface area contributed by atoms with Crippen LogP contribution in [0.3, 0.4) is 0 Å². The molecule has 20 heavy (non-hydrogen) atoms. The van der Waals surface area contributed by atoms with Crippen LogP contribution in [0.5, 0.6) is 5.75 Å². The summed E-state index contributed by atoms with van der Waals surface area (Å²) in [5.74, 6) is 0.508. The third-order valence-corrected chi connectivity index (χ3v) is 3.89. The molecule has 106 valence electrons. The Labute approximate surface area is 126 Å². The smallest absolute Gasteiger partial charge is 0.137 e. The number of nitrogens with two attached hydrogens (primary N) is 1. The molecule has 2 aromatic rings. The molecule has 0 fully saturated rings. The van der Waals surface area contributed by atoms with Crippen molar-refractivity contribution in [3.05, 3.63) is 63.9 Å². The predicted molar refractivity (Wildman–Crippen MR) is 82.3 cm³/mol. The highest BCUT2D eigenvalue weighted by Gasteiger charge is 2.22. The van der Waals surface area contributed by atoms with Gasteiger partial charge in [-0.15, -0.1) is 0 Å². The van der Waals surface area contributed by atoms with E-state index in [2.05, 4.69) is 15.9 Å². The van der Waals surface area contributed by atoms with Crippen molar-refractivity contribution in [1.82, 2.24) is 0 Å². The Balaban J connectivity index is 2.27. The highest BCUT2D eigenvalue weighted by molar-refractivity contribution is 9.10. The molecule has 0 radical (unpaired) electrons. The lowest BCUT2D eigenvalue weighted by molar-refractivity contribution is 0.410. The predicted octanol–water partition coefficient (Wildman–Crippen LogP) is 4.01. The molecule has 0 aromatic heterocycles. The van der Waals surface area contributed by atoms with E-state index in [4.69, 9.17) is 10.5 Å². The van der Waals surface area contributed by atoms with Crippen molar-refractivity contribution in [2.45, 2.75) is 18.9 Å². The summed E-state index contributed by atoms with van der Waals surface area (Å²) in [6, 6.07) is 12.7. The van der Waals surface area contributed by atoms with E-state index in [0.29, 0.717) is 10.9 Å². The zero-order chi connectivity index (χ0) is 14.8. The van der Waals surface area contributed by atoms with Crippen molar-refractivity contribution in [2.24, 2.45) is 5.73 Å². The van der Waals surface area contributed by atoms with Crippen LogP contribution in [-0.2, 0) is 12.0 Å². The number of ether oxygens (including phenoxy) is 1. The molecule has 0 aliphatic rings. The Bertz CT molecular complexity index is 613. The van der Waals surface area contributed by atoms with E-state index in [1.54, 1.807) is 19.2 Å². The van der Waals surface area contributed by atoms with Gasteiger partial charge in [0.05, 0.1) is 11.6 Å². The van der Waals surface area contributed by atoms with Gasteiger partial charge in [0, 0.05) is 5.54 Å². The quantitative estimate of drug-likeness (QED) is 0.914. The van der Waals surface area contributed by atoms with Crippen molar-refractivity contribution in [3.8, 4) is 5.75 Å². The third-order valence-electron chi connectivity index (χ3n) is 3.28. The van der Waals surface area contributed by atoms with Gasteiger partial charge in [-0.1, -0.05) is 18.2 Å². The molecule has 1 unspecified atom stereocenters. The summed E-state index contributed by atoms with van der Waals surface area (Å²) >= 11 is 3.20. The van der Waals surface area contributed by atoms with Crippen molar-refractivity contribution >= 4 is 15.9 Å². The molecule has 2 rings (SSSR count). The molecule has 1 atom stereocenters. The van der Waals surface area contributed by atoms with Gasteiger partial charge in [-0.2, -0.15) is 0 Å². The molecular weight excluding hydrogens is 321 g/mol. The van der Waals surface area contributed by atoms with Gasteiger partial charge in [0.15, 0.2) is 0 Å². The van der Waals surface area contributed by atoms with E-state index < -0.39 is 5.54 Å². The minimum Gasteiger partial charge on any atom is -0.497 e. The maximum Gasteiger partial charge on any atom is 0.137 e. The minimum absolute atomic E-state index is 0.270. The van der Waals surface area contributed by atoms with E-state index >= 15 is 0 Å². The van der Waals surface area contributed by atoms with E-state index in [9.17, 15) is 4.39 Å². The molecule has 0 amide bonds. The van der Waals surface area contributed by atoms with E-state index in [1.165, 1.54) is 6.07 Å². The highest BCUT2D eigenvalue weighted by atomic mass is 79.9. The fraction of sp³-hybridized carbons (Fsp3) is 0.250. The minimum atomic E-state index is -0.550. The summed E-state index contributed by atoms with van der Waals surface area (Å²) in [5, 5.41) is 0. The number of methoxy groups -OCH3 is 1. The van der Waals surface area contributed by atoms with Gasteiger partial charge in [-0.25, -0.2) is 4.39 Å². The third kappa shape index (κ3) is 3.38. The summed E-state index contributed by atoms with van der Waals surface area (Å²) in [4.78, 5) is 0. The van der Waals surface area contributed by atoms with Gasteiger partial charge in [0.25, 0.3) is 0 Å². The Hall–Kier alpha value is -1.39. The van der Waals surface area contributed by atoms with Crippen molar-refractivity contribution < 1.29 is 9.13 Å². The fourth-order valence-corrected chi connectivity index (χ4v) is 2.58. The van der Waals surface area contributed by atoms with Crippen molar-refractivity contribution in [3.63, 3.8) is 0 Å². The maximum atomic E-state index is 13.3. The molecule has 0 aliphatic carbocycles. The normalized spacial score (nSPS) is 13.8. The first-order chi connectivity index (χ1) is 9.42. The Morgan fingerprint density at radius 1 is 1.25 bits per heavy atom. The molecule has 2 aromatic carbocycles. The highest BCUT2D eigenvalue weighted by Crippen LogP contribution is 2.27. The van der Waals surface area contributed by atoms with E-state index in [1.807, 2.05) is 31.2 Å². The van der Waals surface area contributed by atoms with Gasteiger partial charge in [0.1, 0.15) is 11.6 Å². The zero-order valence-electron chi connectivity index (χ0n) is 11.5. The van der Waals surface area contributed by atoms with Gasteiger partial charge in [-0.3, -0.25) is 0 Å². The number of rotatable bonds is 4. The van der Waals surface area contributed by atoms with E-state index in [-0.39, 0.29) is 5.82 Å². The standard InChI is InChI=1S/C16H17BrFNO/c1-16(19,12-4-3-5-13(9-12)20-2)10-11-6-7-15(18)14(17)8-11/h3-9H,10,19H2,1-2H3. The summed E-state index contributed by atoms with van der Waals surface area (Å²) in [5.41, 5.74) is 7.83. The molecule has 0 saturated heterocycles.